The first-order valence-electron chi connectivity index (χ1n) is 9.92. The van der Waals surface area contributed by atoms with Gasteiger partial charge in [-0.3, -0.25) is 9.48 Å². The molecule has 7 nitrogen and oxygen atoms in total. The molecule has 0 unspecified atom stereocenters. The molecule has 154 valence electrons. The van der Waals surface area contributed by atoms with Gasteiger partial charge in [-0.1, -0.05) is 12.1 Å². The number of aromatic nitrogens is 4. The van der Waals surface area contributed by atoms with Gasteiger partial charge in [0.1, 0.15) is 16.8 Å². The van der Waals surface area contributed by atoms with E-state index in [0.717, 1.165) is 33.7 Å². The van der Waals surface area contributed by atoms with Crippen LogP contribution in [0.4, 0.5) is 5.69 Å². The number of aryl methyl sites for hydroxylation is 1. The third kappa shape index (κ3) is 3.66. The van der Waals surface area contributed by atoms with E-state index in [9.17, 15) is 4.79 Å². The van der Waals surface area contributed by atoms with Crippen LogP contribution >= 0.6 is 0 Å². The summed E-state index contributed by atoms with van der Waals surface area (Å²) in [6.07, 6.45) is 1.62. The Morgan fingerprint density at radius 1 is 1.20 bits per heavy atom. The number of hydrogen-bond acceptors (Lipinski definition) is 5. The molecule has 30 heavy (non-hydrogen) atoms. The van der Waals surface area contributed by atoms with E-state index >= 15 is 0 Å². The number of aromatic amines is 1. The van der Waals surface area contributed by atoms with Gasteiger partial charge in [0.05, 0.1) is 29.7 Å². The van der Waals surface area contributed by atoms with Gasteiger partial charge in [0, 0.05) is 18.8 Å². The lowest BCUT2D eigenvalue weighted by atomic mass is 10.1. The topological polar surface area (TPSA) is 84.8 Å². The van der Waals surface area contributed by atoms with Crippen LogP contribution in [-0.4, -0.2) is 26.9 Å². The maximum atomic E-state index is 12.4. The second kappa shape index (κ2) is 8.02. The largest absolute Gasteiger partial charge is 0.497 e. The summed E-state index contributed by atoms with van der Waals surface area (Å²) < 4.78 is 7.22. The molecule has 1 aromatic carbocycles. The minimum Gasteiger partial charge on any atom is -0.497 e. The lowest BCUT2D eigenvalue weighted by Gasteiger charge is -2.14. The zero-order chi connectivity index (χ0) is 21.3. The fourth-order valence-electron chi connectivity index (χ4n) is 3.49. The number of benzene rings is 1. The molecule has 0 aliphatic carbocycles. The van der Waals surface area contributed by atoms with Crippen molar-refractivity contribution in [1.29, 1.82) is 0 Å². The maximum Gasteiger partial charge on any atom is 0.257 e. The molecule has 0 aliphatic heterocycles. The second-order valence-corrected chi connectivity index (χ2v) is 7.49. The lowest BCUT2D eigenvalue weighted by Crippen LogP contribution is -2.10. The molecule has 0 atom stereocenters. The first-order chi connectivity index (χ1) is 14.5. The summed E-state index contributed by atoms with van der Waals surface area (Å²) in [5, 5.41) is 8.22. The number of nitrogens with one attached hydrogen (secondary N) is 2. The van der Waals surface area contributed by atoms with Gasteiger partial charge in [-0.2, -0.15) is 5.10 Å². The minimum absolute atomic E-state index is 0.167. The van der Waals surface area contributed by atoms with Gasteiger partial charge in [0.2, 0.25) is 0 Å². The van der Waals surface area contributed by atoms with E-state index < -0.39 is 0 Å². The van der Waals surface area contributed by atoms with Crippen molar-refractivity contribution in [1.82, 2.24) is 19.7 Å². The summed E-state index contributed by atoms with van der Waals surface area (Å²) in [6, 6.07) is 13.6. The van der Waals surface area contributed by atoms with Crippen LogP contribution in [0.15, 0.2) is 53.5 Å². The molecular weight excluding hydrogens is 378 g/mol. The Bertz CT molecular complexity index is 1240. The number of pyridine rings is 2. The van der Waals surface area contributed by atoms with Crippen molar-refractivity contribution in [3.63, 3.8) is 0 Å². The first kappa shape index (κ1) is 19.7. The van der Waals surface area contributed by atoms with Crippen LogP contribution in [0.5, 0.6) is 5.75 Å². The summed E-state index contributed by atoms with van der Waals surface area (Å²) in [5.74, 6) is 0.823. The molecule has 3 heterocycles. The summed E-state index contributed by atoms with van der Waals surface area (Å²) in [6.45, 7) is 6.75. The van der Waals surface area contributed by atoms with Gasteiger partial charge in [0.25, 0.3) is 5.56 Å². The van der Waals surface area contributed by atoms with E-state index in [1.165, 1.54) is 0 Å². The molecule has 0 saturated carbocycles. The summed E-state index contributed by atoms with van der Waals surface area (Å²) in [7, 11) is 1.66. The highest BCUT2D eigenvalue weighted by molar-refractivity contribution is 5.92. The quantitative estimate of drug-likeness (QED) is 0.501. The van der Waals surface area contributed by atoms with Crippen molar-refractivity contribution in [3.8, 4) is 17.0 Å². The van der Waals surface area contributed by atoms with Crippen molar-refractivity contribution >= 4 is 16.7 Å². The molecule has 0 aliphatic rings. The van der Waals surface area contributed by atoms with Crippen molar-refractivity contribution < 1.29 is 4.74 Å². The summed E-state index contributed by atoms with van der Waals surface area (Å²) in [5.41, 5.74) is 5.56. The number of fused-ring (bicyclic) bond motifs is 1. The fourth-order valence-corrected chi connectivity index (χ4v) is 3.49. The second-order valence-electron chi connectivity index (χ2n) is 7.49. The highest BCUT2D eigenvalue weighted by Crippen LogP contribution is 2.31. The van der Waals surface area contributed by atoms with Crippen LogP contribution in [0.25, 0.3) is 22.3 Å². The number of anilines is 1. The number of rotatable bonds is 6. The fraction of sp³-hybridized carbons (Fsp3) is 0.261. The van der Waals surface area contributed by atoms with Gasteiger partial charge in [0.15, 0.2) is 0 Å². The summed E-state index contributed by atoms with van der Waals surface area (Å²) >= 11 is 0. The number of H-pyrrole nitrogens is 1. The van der Waals surface area contributed by atoms with E-state index in [4.69, 9.17) is 14.8 Å². The van der Waals surface area contributed by atoms with Crippen molar-refractivity contribution in [2.75, 3.05) is 12.4 Å². The average Bonchev–Trinajstić information content (AvgIpc) is 3.10. The lowest BCUT2D eigenvalue weighted by molar-refractivity contribution is 0.414. The van der Waals surface area contributed by atoms with E-state index in [1.807, 2.05) is 41.9 Å². The van der Waals surface area contributed by atoms with Crippen molar-refractivity contribution in [2.45, 2.75) is 33.4 Å². The normalized spacial score (nSPS) is 11.2. The molecule has 0 bridgehead atoms. The van der Waals surface area contributed by atoms with E-state index in [-0.39, 0.29) is 11.6 Å². The smallest absolute Gasteiger partial charge is 0.257 e. The van der Waals surface area contributed by atoms with Crippen LogP contribution in [0.2, 0.25) is 0 Å². The Morgan fingerprint density at radius 2 is 1.97 bits per heavy atom. The molecule has 0 spiro atoms. The molecule has 0 radical (unpaired) electrons. The number of nitrogens with zero attached hydrogens (tertiary/aromatic N) is 3. The molecule has 0 fully saturated rings. The van der Waals surface area contributed by atoms with E-state index in [0.29, 0.717) is 17.8 Å². The molecule has 2 N–H and O–H groups in total. The standard InChI is InChI=1S/C23H25N5O2/c1-14(2)28-22-20(25-13-16-7-9-17(30-4)10-8-16)12-19(26-21(22)15(3)27-28)18-6-5-11-24-23(18)29/h5-12,14H,13H2,1-4H3,(H,24,29)(H,25,26). The zero-order valence-corrected chi connectivity index (χ0v) is 17.6. The molecule has 0 amide bonds. The molecule has 4 rings (SSSR count). The Labute approximate surface area is 174 Å². The van der Waals surface area contributed by atoms with Crippen LogP contribution in [-0.2, 0) is 6.54 Å². The molecule has 7 heteroatoms. The monoisotopic (exact) mass is 403 g/mol. The van der Waals surface area contributed by atoms with Crippen LogP contribution in [0.3, 0.4) is 0 Å². The number of ether oxygens (including phenoxy) is 1. The van der Waals surface area contributed by atoms with Gasteiger partial charge in [-0.05, 0) is 56.7 Å². The van der Waals surface area contributed by atoms with Crippen LogP contribution in [0, 0.1) is 6.92 Å². The average molecular weight is 403 g/mol. The zero-order valence-electron chi connectivity index (χ0n) is 17.6. The van der Waals surface area contributed by atoms with Gasteiger partial charge in [-0.25, -0.2) is 4.98 Å². The Morgan fingerprint density at radius 3 is 2.63 bits per heavy atom. The number of hydrogen-bond donors (Lipinski definition) is 2. The SMILES string of the molecule is COc1ccc(CNc2cc(-c3ccc[nH]c3=O)nc3c(C)nn(C(C)C)c23)cc1. The third-order valence-electron chi connectivity index (χ3n) is 5.05. The Balaban J connectivity index is 1.82. The number of methoxy groups -OCH3 is 1. The molecule has 4 aromatic rings. The Kier molecular flexibility index (Phi) is 5.27. The Hall–Kier alpha value is -3.61. The minimum atomic E-state index is -0.167. The third-order valence-corrected chi connectivity index (χ3v) is 5.05. The predicted molar refractivity (Wildman–Crippen MR) is 119 cm³/mol. The first-order valence-corrected chi connectivity index (χ1v) is 9.92. The summed E-state index contributed by atoms with van der Waals surface area (Å²) in [4.78, 5) is 19.9. The van der Waals surface area contributed by atoms with Crippen molar-refractivity contribution in [2.24, 2.45) is 0 Å². The predicted octanol–water partition coefficient (Wildman–Crippen LogP) is 4.30. The van der Waals surface area contributed by atoms with Gasteiger partial charge >= 0.3 is 0 Å². The van der Waals surface area contributed by atoms with E-state index in [1.54, 1.807) is 25.4 Å². The van der Waals surface area contributed by atoms with Crippen LogP contribution in [0.1, 0.15) is 31.1 Å². The van der Waals surface area contributed by atoms with Gasteiger partial charge < -0.3 is 15.0 Å². The van der Waals surface area contributed by atoms with E-state index in [2.05, 4.69) is 24.1 Å². The van der Waals surface area contributed by atoms with Crippen molar-refractivity contribution in [3.05, 3.63) is 70.3 Å². The van der Waals surface area contributed by atoms with Crippen LogP contribution < -0.4 is 15.6 Å². The molecule has 0 saturated heterocycles. The maximum absolute atomic E-state index is 12.4. The molecule has 3 aromatic heterocycles. The highest BCUT2D eigenvalue weighted by atomic mass is 16.5. The van der Waals surface area contributed by atoms with Gasteiger partial charge in [-0.15, -0.1) is 0 Å². The highest BCUT2D eigenvalue weighted by Gasteiger charge is 2.18. The molecular formula is C23H25N5O2.